The van der Waals surface area contributed by atoms with Gasteiger partial charge in [0.25, 0.3) is 0 Å². The van der Waals surface area contributed by atoms with Crippen LogP contribution < -0.4 is 5.73 Å². The highest BCUT2D eigenvalue weighted by molar-refractivity contribution is 5.41. The summed E-state index contributed by atoms with van der Waals surface area (Å²) < 4.78 is 27.5. The van der Waals surface area contributed by atoms with Crippen LogP contribution >= 0.6 is 0 Å². The van der Waals surface area contributed by atoms with Gasteiger partial charge in [0.15, 0.2) is 0 Å². The molecule has 0 bridgehead atoms. The largest absolute Gasteiger partial charge is 0.385 e. The van der Waals surface area contributed by atoms with Crippen LogP contribution in [-0.4, -0.2) is 5.11 Å². The number of nitrogens with two attached hydrogens (primary N) is 1. The van der Waals surface area contributed by atoms with Crippen molar-refractivity contribution >= 4 is 0 Å². The van der Waals surface area contributed by atoms with Crippen molar-refractivity contribution in [3.63, 3.8) is 0 Å². The lowest BCUT2D eigenvalue weighted by atomic mass is 9.88. The van der Waals surface area contributed by atoms with E-state index in [1.54, 1.807) is 12.1 Å². The smallest absolute Gasteiger partial charge is 0.129 e. The van der Waals surface area contributed by atoms with Crippen molar-refractivity contribution in [2.45, 2.75) is 24.5 Å². The van der Waals surface area contributed by atoms with E-state index >= 15 is 0 Å². The molecule has 0 spiro atoms. The molecule has 0 saturated heterocycles. The Labute approximate surface area is 115 Å². The zero-order valence-corrected chi connectivity index (χ0v) is 10.8. The zero-order valence-electron chi connectivity index (χ0n) is 10.8. The van der Waals surface area contributed by atoms with Crippen LogP contribution in [0.4, 0.5) is 8.78 Å². The minimum Gasteiger partial charge on any atom is -0.385 e. The molecule has 1 aliphatic carbocycles. The number of aliphatic hydroxyl groups is 1. The van der Waals surface area contributed by atoms with Crippen molar-refractivity contribution in [2.75, 3.05) is 0 Å². The SMILES string of the molecule is NC1CC(O)(Cc2c(F)cccc2F)c2ccccc21. The van der Waals surface area contributed by atoms with Crippen LogP contribution in [0.2, 0.25) is 0 Å². The Bertz CT molecular complexity index is 638. The van der Waals surface area contributed by atoms with E-state index in [1.807, 2.05) is 12.1 Å². The fourth-order valence-electron chi connectivity index (χ4n) is 2.99. The molecule has 0 amide bonds. The van der Waals surface area contributed by atoms with Crippen LogP contribution in [0, 0.1) is 11.6 Å². The molecule has 104 valence electrons. The lowest BCUT2D eigenvalue weighted by Gasteiger charge is -2.24. The fraction of sp³-hybridized carbons (Fsp3) is 0.250. The highest BCUT2D eigenvalue weighted by Gasteiger charge is 2.41. The van der Waals surface area contributed by atoms with E-state index in [4.69, 9.17) is 5.73 Å². The van der Waals surface area contributed by atoms with Gasteiger partial charge in [-0.1, -0.05) is 30.3 Å². The van der Waals surface area contributed by atoms with Gasteiger partial charge in [-0.2, -0.15) is 0 Å². The molecular weight excluding hydrogens is 260 g/mol. The minimum atomic E-state index is -1.32. The molecule has 0 saturated carbocycles. The van der Waals surface area contributed by atoms with Gasteiger partial charge in [0.2, 0.25) is 0 Å². The molecule has 0 radical (unpaired) electrons. The first-order valence-corrected chi connectivity index (χ1v) is 6.51. The highest BCUT2D eigenvalue weighted by Crippen LogP contribution is 2.44. The summed E-state index contributed by atoms with van der Waals surface area (Å²) in [4.78, 5) is 0. The quantitative estimate of drug-likeness (QED) is 0.885. The monoisotopic (exact) mass is 275 g/mol. The molecule has 4 heteroatoms. The third kappa shape index (κ3) is 2.01. The molecule has 20 heavy (non-hydrogen) atoms. The third-order valence-corrected chi connectivity index (χ3v) is 3.95. The maximum Gasteiger partial charge on any atom is 0.129 e. The summed E-state index contributed by atoms with van der Waals surface area (Å²) >= 11 is 0. The molecule has 0 aliphatic heterocycles. The number of hydrogen-bond acceptors (Lipinski definition) is 2. The Morgan fingerprint density at radius 1 is 1.10 bits per heavy atom. The van der Waals surface area contributed by atoms with Gasteiger partial charge in [0.05, 0.1) is 5.60 Å². The normalized spacial score (nSPS) is 24.7. The minimum absolute atomic E-state index is 0.0982. The van der Waals surface area contributed by atoms with Crippen molar-refractivity contribution in [3.05, 3.63) is 70.8 Å². The highest BCUT2D eigenvalue weighted by atomic mass is 19.1. The van der Waals surface area contributed by atoms with E-state index in [1.165, 1.54) is 18.2 Å². The lowest BCUT2D eigenvalue weighted by molar-refractivity contribution is 0.0324. The maximum absolute atomic E-state index is 13.8. The fourth-order valence-corrected chi connectivity index (χ4v) is 2.99. The van der Waals surface area contributed by atoms with Gasteiger partial charge in [-0.3, -0.25) is 0 Å². The van der Waals surface area contributed by atoms with Gasteiger partial charge in [0.1, 0.15) is 11.6 Å². The standard InChI is InChI=1S/C16H15F2NO/c17-13-6-3-7-14(18)11(13)8-16(20)9-15(19)10-4-1-2-5-12(10)16/h1-7,15,20H,8-9,19H2. The van der Waals surface area contributed by atoms with Crippen LogP contribution in [0.25, 0.3) is 0 Å². The van der Waals surface area contributed by atoms with Crippen LogP contribution in [-0.2, 0) is 12.0 Å². The Morgan fingerprint density at radius 3 is 2.45 bits per heavy atom. The number of halogens is 2. The Balaban J connectivity index is 2.03. The van der Waals surface area contributed by atoms with Gasteiger partial charge in [-0.25, -0.2) is 8.78 Å². The van der Waals surface area contributed by atoms with Gasteiger partial charge in [-0.15, -0.1) is 0 Å². The summed E-state index contributed by atoms with van der Waals surface area (Å²) in [5.41, 5.74) is 6.09. The van der Waals surface area contributed by atoms with Crippen molar-refractivity contribution in [1.82, 2.24) is 0 Å². The Hall–Kier alpha value is -1.78. The van der Waals surface area contributed by atoms with E-state index in [2.05, 4.69) is 0 Å². The lowest BCUT2D eigenvalue weighted by Crippen LogP contribution is -2.27. The molecule has 3 N–H and O–H groups in total. The summed E-state index contributed by atoms with van der Waals surface area (Å²) in [6.07, 6.45) is 0.149. The Morgan fingerprint density at radius 2 is 1.75 bits per heavy atom. The van der Waals surface area contributed by atoms with Gasteiger partial charge in [-0.05, 0) is 29.7 Å². The second kappa shape index (κ2) is 4.65. The molecule has 2 atom stereocenters. The van der Waals surface area contributed by atoms with E-state index in [0.717, 1.165) is 5.56 Å². The second-order valence-electron chi connectivity index (χ2n) is 5.31. The molecule has 2 nitrogen and oxygen atoms in total. The first-order chi connectivity index (χ1) is 9.51. The topological polar surface area (TPSA) is 46.2 Å². The molecule has 0 heterocycles. The first kappa shape index (κ1) is 13.2. The first-order valence-electron chi connectivity index (χ1n) is 6.51. The Kier molecular flexibility index (Phi) is 3.07. The summed E-state index contributed by atoms with van der Waals surface area (Å²) in [6.45, 7) is 0. The summed E-state index contributed by atoms with van der Waals surface area (Å²) in [5.74, 6) is -1.28. The van der Waals surface area contributed by atoms with Crippen molar-refractivity contribution in [2.24, 2.45) is 5.73 Å². The predicted molar refractivity (Wildman–Crippen MR) is 71.9 cm³/mol. The average molecular weight is 275 g/mol. The number of hydrogen-bond donors (Lipinski definition) is 2. The zero-order chi connectivity index (χ0) is 14.3. The van der Waals surface area contributed by atoms with Crippen LogP contribution in [0.3, 0.4) is 0 Å². The molecule has 2 unspecified atom stereocenters. The summed E-state index contributed by atoms with van der Waals surface area (Å²) in [5, 5.41) is 10.8. The van der Waals surface area contributed by atoms with E-state index in [9.17, 15) is 13.9 Å². The number of rotatable bonds is 2. The maximum atomic E-state index is 13.8. The molecule has 0 fully saturated rings. The predicted octanol–water partition coefficient (Wildman–Crippen LogP) is 2.80. The second-order valence-corrected chi connectivity index (χ2v) is 5.31. The van der Waals surface area contributed by atoms with Gasteiger partial charge < -0.3 is 10.8 Å². The molecular formula is C16H15F2NO. The van der Waals surface area contributed by atoms with Crippen molar-refractivity contribution in [1.29, 1.82) is 0 Å². The molecule has 2 aromatic rings. The number of fused-ring (bicyclic) bond motifs is 1. The average Bonchev–Trinajstić information content (AvgIpc) is 2.67. The van der Waals surface area contributed by atoms with E-state index in [-0.39, 0.29) is 24.4 Å². The number of benzene rings is 2. The molecule has 3 rings (SSSR count). The molecule has 2 aromatic carbocycles. The molecule has 0 aromatic heterocycles. The van der Waals surface area contributed by atoms with E-state index in [0.29, 0.717) is 5.56 Å². The van der Waals surface area contributed by atoms with Crippen LogP contribution in [0.15, 0.2) is 42.5 Å². The third-order valence-electron chi connectivity index (χ3n) is 3.95. The van der Waals surface area contributed by atoms with Gasteiger partial charge >= 0.3 is 0 Å². The van der Waals surface area contributed by atoms with Gasteiger partial charge in [0, 0.05) is 18.0 Å². The summed E-state index contributed by atoms with van der Waals surface area (Å²) in [7, 11) is 0. The van der Waals surface area contributed by atoms with Crippen LogP contribution in [0.1, 0.15) is 29.2 Å². The van der Waals surface area contributed by atoms with Crippen molar-refractivity contribution in [3.8, 4) is 0 Å². The van der Waals surface area contributed by atoms with Crippen LogP contribution in [0.5, 0.6) is 0 Å². The van der Waals surface area contributed by atoms with E-state index < -0.39 is 17.2 Å². The summed E-state index contributed by atoms with van der Waals surface area (Å²) in [6, 6.07) is 10.6. The molecule has 1 aliphatic rings. The van der Waals surface area contributed by atoms with Crippen molar-refractivity contribution < 1.29 is 13.9 Å².